The predicted octanol–water partition coefficient (Wildman–Crippen LogP) is -0.270. The highest BCUT2D eigenvalue weighted by Crippen LogP contribution is 2.08. The smallest absolute Gasteiger partial charge is 0.279 e. The van der Waals surface area contributed by atoms with E-state index in [2.05, 4.69) is 5.32 Å². The number of carbonyl (C=O) groups is 2. The summed E-state index contributed by atoms with van der Waals surface area (Å²) in [6.45, 7) is 2.93. The summed E-state index contributed by atoms with van der Waals surface area (Å²) in [5.41, 5.74) is 0.454. The minimum atomic E-state index is -0.381. The highest BCUT2D eigenvalue weighted by Gasteiger charge is 2.24. The number of benzene rings is 1. The molecule has 21 heavy (non-hydrogen) atoms. The first-order valence-corrected chi connectivity index (χ1v) is 7.34. The highest BCUT2D eigenvalue weighted by molar-refractivity contribution is 6.27. The van der Waals surface area contributed by atoms with Crippen LogP contribution >= 0.6 is 11.6 Å². The van der Waals surface area contributed by atoms with E-state index < -0.39 is 0 Å². The van der Waals surface area contributed by atoms with Gasteiger partial charge in [-0.05, 0) is 18.2 Å². The van der Waals surface area contributed by atoms with Crippen LogP contribution in [0, 0.1) is 5.82 Å². The zero-order chi connectivity index (χ0) is 15.2. The second-order valence-corrected chi connectivity index (χ2v) is 5.27. The Morgan fingerprint density at radius 1 is 1.33 bits per heavy atom. The molecule has 114 valence electrons. The van der Waals surface area contributed by atoms with Gasteiger partial charge in [0.15, 0.2) is 6.54 Å². The molecule has 0 bridgehead atoms. The SMILES string of the molecule is O=C(C[NH+]1CCN(C(=O)CCl)CC1)Nc1cccc(F)c1. The van der Waals surface area contributed by atoms with E-state index in [9.17, 15) is 14.0 Å². The lowest BCUT2D eigenvalue weighted by molar-refractivity contribution is -0.895. The van der Waals surface area contributed by atoms with Crippen molar-refractivity contribution < 1.29 is 18.9 Å². The van der Waals surface area contributed by atoms with Gasteiger partial charge < -0.3 is 15.1 Å². The minimum Gasteiger partial charge on any atom is -0.330 e. The Morgan fingerprint density at radius 2 is 2.05 bits per heavy atom. The van der Waals surface area contributed by atoms with Gasteiger partial charge in [-0.1, -0.05) is 6.07 Å². The summed E-state index contributed by atoms with van der Waals surface area (Å²) >= 11 is 5.52. The summed E-state index contributed by atoms with van der Waals surface area (Å²) in [4.78, 5) is 26.2. The summed E-state index contributed by atoms with van der Waals surface area (Å²) in [7, 11) is 0. The van der Waals surface area contributed by atoms with Crippen LogP contribution in [-0.4, -0.2) is 55.3 Å². The molecule has 0 aromatic heterocycles. The fourth-order valence-electron chi connectivity index (χ4n) is 2.33. The lowest BCUT2D eigenvalue weighted by Gasteiger charge is -2.31. The van der Waals surface area contributed by atoms with E-state index in [0.717, 1.165) is 4.90 Å². The number of carbonyl (C=O) groups excluding carboxylic acids is 2. The molecule has 1 aliphatic rings. The molecule has 2 amide bonds. The third kappa shape index (κ3) is 4.68. The number of halogens is 2. The molecule has 1 saturated heterocycles. The molecule has 1 aliphatic heterocycles. The highest BCUT2D eigenvalue weighted by atomic mass is 35.5. The Bertz CT molecular complexity index is 519. The Hall–Kier alpha value is -1.66. The molecule has 1 aromatic carbocycles. The molecule has 5 nitrogen and oxygen atoms in total. The molecule has 0 aliphatic carbocycles. The van der Waals surface area contributed by atoms with Crippen molar-refractivity contribution in [3.63, 3.8) is 0 Å². The summed E-state index contributed by atoms with van der Waals surface area (Å²) in [6.07, 6.45) is 0. The lowest BCUT2D eigenvalue weighted by atomic mass is 10.3. The molecule has 0 atom stereocenters. The molecule has 0 radical (unpaired) electrons. The monoisotopic (exact) mass is 314 g/mol. The molecular weight excluding hydrogens is 297 g/mol. The number of hydrogen-bond donors (Lipinski definition) is 2. The van der Waals surface area contributed by atoms with Gasteiger partial charge in [-0.25, -0.2) is 4.39 Å². The van der Waals surface area contributed by atoms with Crippen LogP contribution in [0.25, 0.3) is 0 Å². The second kappa shape index (κ2) is 7.38. The number of quaternary nitrogens is 1. The van der Waals surface area contributed by atoms with Gasteiger partial charge in [-0.3, -0.25) is 9.59 Å². The Labute approximate surface area is 127 Å². The van der Waals surface area contributed by atoms with E-state index in [4.69, 9.17) is 11.6 Å². The van der Waals surface area contributed by atoms with Crippen LogP contribution in [0.3, 0.4) is 0 Å². The third-order valence-corrected chi connectivity index (χ3v) is 3.69. The van der Waals surface area contributed by atoms with Gasteiger partial charge in [0.1, 0.15) is 11.7 Å². The maximum absolute atomic E-state index is 13.0. The topological polar surface area (TPSA) is 53.9 Å². The van der Waals surface area contributed by atoms with E-state index in [-0.39, 0.29) is 23.5 Å². The maximum atomic E-state index is 13.0. The van der Waals surface area contributed by atoms with Gasteiger partial charge in [0.2, 0.25) is 5.91 Å². The molecule has 0 saturated carbocycles. The van der Waals surface area contributed by atoms with E-state index >= 15 is 0 Å². The summed E-state index contributed by atoms with van der Waals surface area (Å²) in [5, 5.41) is 2.67. The van der Waals surface area contributed by atoms with Gasteiger partial charge in [0.25, 0.3) is 5.91 Å². The third-order valence-electron chi connectivity index (χ3n) is 3.46. The molecule has 2 rings (SSSR count). The van der Waals surface area contributed by atoms with E-state index in [1.807, 2.05) is 0 Å². The number of hydrogen-bond acceptors (Lipinski definition) is 2. The molecule has 1 fully saturated rings. The van der Waals surface area contributed by atoms with Crippen molar-refractivity contribution in [2.45, 2.75) is 0 Å². The number of nitrogens with zero attached hydrogens (tertiary/aromatic N) is 1. The first-order valence-electron chi connectivity index (χ1n) is 6.81. The van der Waals surface area contributed by atoms with Crippen molar-refractivity contribution in [3.8, 4) is 0 Å². The molecule has 7 heteroatoms. The summed E-state index contributed by atoms with van der Waals surface area (Å²) < 4.78 is 13.0. The predicted molar refractivity (Wildman–Crippen MR) is 77.9 cm³/mol. The number of anilines is 1. The molecule has 1 aromatic rings. The standard InChI is InChI=1S/C14H17ClFN3O2/c15-9-14(21)19-6-4-18(5-7-19)10-13(20)17-12-3-1-2-11(16)8-12/h1-3,8H,4-7,9-10H2,(H,17,20)/p+1. The van der Waals surface area contributed by atoms with Crippen LogP contribution in [0.2, 0.25) is 0 Å². The Kier molecular flexibility index (Phi) is 5.52. The number of amides is 2. The van der Waals surface area contributed by atoms with Crippen molar-refractivity contribution in [2.75, 3.05) is 43.9 Å². The minimum absolute atomic E-state index is 0.00457. The van der Waals surface area contributed by atoms with Gasteiger partial charge in [-0.2, -0.15) is 0 Å². The van der Waals surface area contributed by atoms with Crippen LogP contribution < -0.4 is 10.2 Å². The van der Waals surface area contributed by atoms with Crippen molar-refractivity contribution in [1.82, 2.24) is 4.90 Å². The van der Waals surface area contributed by atoms with E-state index in [0.29, 0.717) is 38.4 Å². The molecule has 0 spiro atoms. The Morgan fingerprint density at radius 3 is 2.67 bits per heavy atom. The van der Waals surface area contributed by atoms with Crippen molar-refractivity contribution in [1.29, 1.82) is 0 Å². The first-order chi connectivity index (χ1) is 10.1. The lowest BCUT2D eigenvalue weighted by Crippen LogP contribution is -3.15. The van der Waals surface area contributed by atoms with Crippen molar-refractivity contribution in [3.05, 3.63) is 30.1 Å². The maximum Gasteiger partial charge on any atom is 0.279 e. The quantitative estimate of drug-likeness (QED) is 0.752. The van der Waals surface area contributed by atoms with Gasteiger partial charge in [0.05, 0.1) is 26.2 Å². The van der Waals surface area contributed by atoms with Crippen LogP contribution in [0.5, 0.6) is 0 Å². The van der Waals surface area contributed by atoms with E-state index in [1.54, 1.807) is 17.0 Å². The van der Waals surface area contributed by atoms with Gasteiger partial charge in [-0.15, -0.1) is 11.6 Å². The van der Waals surface area contributed by atoms with Gasteiger partial charge >= 0.3 is 0 Å². The number of alkyl halides is 1. The van der Waals surface area contributed by atoms with Crippen LogP contribution in [0.1, 0.15) is 0 Å². The fraction of sp³-hybridized carbons (Fsp3) is 0.429. The fourth-order valence-corrected chi connectivity index (χ4v) is 2.50. The molecular formula is C14H18ClFN3O2+. The Balaban J connectivity index is 1.78. The van der Waals surface area contributed by atoms with Crippen LogP contribution in [0.15, 0.2) is 24.3 Å². The van der Waals surface area contributed by atoms with Crippen LogP contribution in [0.4, 0.5) is 10.1 Å². The zero-order valence-corrected chi connectivity index (χ0v) is 12.3. The van der Waals surface area contributed by atoms with Gasteiger partial charge in [0, 0.05) is 5.69 Å². The second-order valence-electron chi connectivity index (χ2n) is 5.00. The summed E-state index contributed by atoms with van der Waals surface area (Å²) in [6, 6.07) is 5.81. The average molecular weight is 315 g/mol. The van der Waals surface area contributed by atoms with E-state index in [1.165, 1.54) is 12.1 Å². The van der Waals surface area contributed by atoms with Crippen LogP contribution in [-0.2, 0) is 9.59 Å². The normalized spacial score (nSPS) is 15.8. The average Bonchev–Trinajstić information content (AvgIpc) is 2.47. The number of rotatable bonds is 4. The zero-order valence-electron chi connectivity index (χ0n) is 11.6. The largest absolute Gasteiger partial charge is 0.330 e. The molecule has 0 unspecified atom stereocenters. The first kappa shape index (κ1) is 15.7. The molecule has 2 N–H and O–H groups in total. The number of piperazine rings is 1. The number of nitrogens with one attached hydrogen (secondary N) is 2. The van der Waals surface area contributed by atoms with Crippen molar-refractivity contribution >= 4 is 29.1 Å². The van der Waals surface area contributed by atoms with Crippen molar-refractivity contribution in [2.24, 2.45) is 0 Å². The molecule has 1 heterocycles. The summed E-state index contributed by atoms with van der Waals surface area (Å²) in [5.74, 6) is -0.615.